The molecule has 0 fully saturated rings. The number of ether oxygens (including phenoxy) is 2. The number of hydrogen-bond donors (Lipinski definition) is 3. The number of nitrogens with two attached hydrogens (primary N) is 1. The third-order valence-electron chi connectivity index (χ3n) is 5.72. The molecule has 0 radical (unpaired) electrons. The first-order valence-corrected chi connectivity index (χ1v) is 12.0. The second-order valence-corrected chi connectivity index (χ2v) is 8.16. The van der Waals surface area contributed by atoms with Crippen LogP contribution < -0.4 is 11.1 Å². The first-order chi connectivity index (χ1) is 18.5. The first kappa shape index (κ1) is 26.2. The van der Waals surface area contributed by atoms with Gasteiger partial charge in [0.25, 0.3) is 11.9 Å². The van der Waals surface area contributed by atoms with E-state index in [9.17, 15) is 4.79 Å². The number of para-hydroxylation sites is 3. The van der Waals surface area contributed by atoms with Crippen LogP contribution in [0.5, 0.6) is 0 Å². The number of benzene rings is 3. The number of imidazole rings is 1. The standard InChI is InChI=1S/C28H29N7O3/c1-31-21-13-7-6-12-20(21)25(19-10-4-3-5-11-19)33-24(18-36)34-28(30)38-26(29)27-32-22-14-8-9-15-23(22)35(27)16-17-37-2/h3-15,18,24,29,31H,16-17H2,1-2H3,(H2,30,34). The summed E-state index contributed by atoms with van der Waals surface area (Å²) in [5, 5.41) is 11.6. The van der Waals surface area contributed by atoms with Gasteiger partial charge in [0, 0.05) is 37.5 Å². The lowest BCUT2D eigenvalue weighted by molar-refractivity contribution is -0.108. The Labute approximate surface area is 220 Å². The molecule has 0 saturated heterocycles. The molecule has 1 atom stereocenters. The molecule has 38 heavy (non-hydrogen) atoms. The van der Waals surface area contributed by atoms with Crippen LogP contribution in [0.3, 0.4) is 0 Å². The summed E-state index contributed by atoms with van der Waals surface area (Å²) in [6.45, 7) is 0.879. The molecule has 0 saturated carbocycles. The van der Waals surface area contributed by atoms with Crippen LogP contribution in [0.1, 0.15) is 17.0 Å². The zero-order chi connectivity index (χ0) is 26.9. The van der Waals surface area contributed by atoms with Gasteiger partial charge in [0.15, 0.2) is 12.1 Å². The van der Waals surface area contributed by atoms with Gasteiger partial charge in [0.1, 0.15) is 0 Å². The summed E-state index contributed by atoms with van der Waals surface area (Å²) in [5.74, 6) is -0.0449. The number of anilines is 1. The SMILES string of the molecule is CNc1ccccc1C(=NC(C=O)N=C(N)OC(=N)c1nc2ccccc2n1CCOC)c1ccccc1. The van der Waals surface area contributed by atoms with Gasteiger partial charge in [-0.15, -0.1) is 0 Å². The maximum atomic E-state index is 12.0. The number of carbonyl (C=O) groups excluding carboxylic acids is 1. The number of aromatic nitrogens is 2. The molecule has 0 aliphatic rings. The zero-order valence-corrected chi connectivity index (χ0v) is 21.2. The quantitative estimate of drug-likeness (QED) is 0.169. The van der Waals surface area contributed by atoms with E-state index in [2.05, 4.69) is 20.3 Å². The van der Waals surface area contributed by atoms with Gasteiger partial charge in [-0.25, -0.2) is 15.0 Å². The van der Waals surface area contributed by atoms with E-state index < -0.39 is 6.17 Å². The molecular weight excluding hydrogens is 482 g/mol. The zero-order valence-electron chi connectivity index (χ0n) is 21.2. The summed E-state index contributed by atoms with van der Waals surface area (Å²) in [7, 11) is 3.41. The number of amidine groups is 1. The Bertz CT molecular complexity index is 1480. The fraction of sp³-hybridized carbons (Fsp3) is 0.179. The van der Waals surface area contributed by atoms with Crippen molar-refractivity contribution in [3.63, 3.8) is 0 Å². The predicted molar refractivity (Wildman–Crippen MR) is 149 cm³/mol. The number of aldehydes is 1. The topological polar surface area (TPSA) is 140 Å². The van der Waals surface area contributed by atoms with Crippen molar-refractivity contribution < 1.29 is 14.3 Å². The van der Waals surface area contributed by atoms with Gasteiger partial charge in [-0.05, 0) is 18.2 Å². The predicted octanol–water partition coefficient (Wildman–Crippen LogP) is 3.44. The molecule has 4 aromatic rings. The Hall–Kier alpha value is -4.83. The lowest BCUT2D eigenvalue weighted by atomic mass is 10.0. The van der Waals surface area contributed by atoms with E-state index in [4.69, 9.17) is 20.6 Å². The van der Waals surface area contributed by atoms with Gasteiger partial charge in [0.2, 0.25) is 6.17 Å². The molecule has 0 bridgehead atoms. The van der Waals surface area contributed by atoms with E-state index >= 15 is 0 Å². The first-order valence-electron chi connectivity index (χ1n) is 12.0. The van der Waals surface area contributed by atoms with Gasteiger partial charge in [0.05, 0.1) is 23.4 Å². The van der Waals surface area contributed by atoms with Crippen molar-refractivity contribution in [3.05, 3.63) is 95.8 Å². The minimum absolute atomic E-state index is 0.264. The maximum Gasteiger partial charge on any atom is 0.291 e. The Morgan fingerprint density at radius 3 is 2.53 bits per heavy atom. The van der Waals surface area contributed by atoms with Crippen molar-refractivity contribution >= 4 is 40.6 Å². The average Bonchev–Trinajstić information content (AvgIpc) is 3.33. The number of aliphatic imine (C=N–C) groups is 2. The fourth-order valence-electron chi connectivity index (χ4n) is 3.99. The van der Waals surface area contributed by atoms with Crippen LogP contribution in [-0.2, 0) is 20.8 Å². The number of nitrogens with one attached hydrogen (secondary N) is 2. The Balaban J connectivity index is 1.65. The minimum atomic E-state index is -1.20. The molecule has 0 spiro atoms. The van der Waals surface area contributed by atoms with Crippen molar-refractivity contribution in [2.24, 2.45) is 15.7 Å². The van der Waals surface area contributed by atoms with E-state index in [1.807, 2.05) is 90.5 Å². The largest absolute Gasteiger partial charge is 0.404 e. The Kier molecular flexibility index (Phi) is 8.57. The van der Waals surface area contributed by atoms with Gasteiger partial charge < -0.3 is 25.1 Å². The van der Waals surface area contributed by atoms with Crippen molar-refractivity contribution in [1.29, 1.82) is 5.41 Å². The third kappa shape index (κ3) is 5.93. The second-order valence-electron chi connectivity index (χ2n) is 8.16. The summed E-state index contributed by atoms with van der Waals surface area (Å²) in [5.41, 5.74) is 10.5. The number of rotatable bonds is 10. The molecule has 10 heteroatoms. The Morgan fingerprint density at radius 1 is 1.08 bits per heavy atom. The van der Waals surface area contributed by atoms with Gasteiger partial charge in [-0.2, -0.15) is 0 Å². The number of methoxy groups -OCH3 is 1. The smallest absolute Gasteiger partial charge is 0.291 e. The minimum Gasteiger partial charge on any atom is -0.404 e. The van der Waals surface area contributed by atoms with E-state index in [-0.39, 0.29) is 17.7 Å². The molecule has 1 heterocycles. The van der Waals surface area contributed by atoms with Crippen molar-refractivity contribution in [3.8, 4) is 0 Å². The summed E-state index contributed by atoms with van der Waals surface area (Å²) < 4.78 is 12.5. The molecule has 0 aliphatic heterocycles. The summed E-state index contributed by atoms with van der Waals surface area (Å²) >= 11 is 0. The van der Waals surface area contributed by atoms with Crippen LogP contribution in [-0.4, -0.2) is 60.4 Å². The van der Waals surface area contributed by atoms with Crippen LogP contribution in [0.4, 0.5) is 5.69 Å². The van der Waals surface area contributed by atoms with Gasteiger partial charge >= 0.3 is 0 Å². The van der Waals surface area contributed by atoms with E-state index in [0.29, 0.717) is 30.7 Å². The maximum absolute atomic E-state index is 12.0. The second kappa shape index (κ2) is 12.4. The van der Waals surface area contributed by atoms with Gasteiger partial charge in [-0.3, -0.25) is 10.2 Å². The van der Waals surface area contributed by atoms with Crippen molar-refractivity contribution in [2.45, 2.75) is 12.7 Å². The highest BCUT2D eigenvalue weighted by molar-refractivity contribution is 6.16. The fourth-order valence-corrected chi connectivity index (χ4v) is 3.99. The highest BCUT2D eigenvalue weighted by atomic mass is 16.5. The number of nitrogens with zero attached hydrogens (tertiary/aromatic N) is 4. The third-order valence-corrected chi connectivity index (χ3v) is 5.72. The van der Waals surface area contributed by atoms with E-state index in [1.54, 1.807) is 7.11 Å². The molecule has 3 aromatic carbocycles. The normalized spacial score (nSPS) is 12.8. The molecule has 4 rings (SSSR count). The number of fused-ring (bicyclic) bond motifs is 1. The highest BCUT2D eigenvalue weighted by Crippen LogP contribution is 2.21. The molecule has 194 valence electrons. The van der Waals surface area contributed by atoms with Crippen LogP contribution in [0, 0.1) is 5.41 Å². The molecule has 10 nitrogen and oxygen atoms in total. The molecule has 0 amide bonds. The molecule has 0 aliphatic carbocycles. The lowest BCUT2D eigenvalue weighted by Gasteiger charge is -2.14. The molecule has 1 unspecified atom stereocenters. The molecule has 1 aromatic heterocycles. The van der Waals surface area contributed by atoms with Crippen LogP contribution in [0.2, 0.25) is 0 Å². The van der Waals surface area contributed by atoms with Crippen molar-refractivity contribution in [1.82, 2.24) is 9.55 Å². The van der Waals surface area contributed by atoms with Crippen LogP contribution in [0.25, 0.3) is 11.0 Å². The Morgan fingerprint density at radius 2 is 1.79 bits per heavy atom. The van der Waals surface area contributed by atoms with Crippen molar-refractivity contribution in [2.75, 3.05) is 26.1 Å². The lowest BCUT2D eigenvalue weighted by Crippen LogP contribution is -2.26. The van der Waals surface area contributed by atoms with E-state index in [1.165, 1.54) is 0 Å². The number of hydrogen-bond acceptors (Lipinski definition) is 8. The highest BCUT2D eigenvalue weighted by Gasteiger charge is 2.19. The number of carbonyl (C=O) groups is 1. The van der Waals surface area contributed by atoms with Gasteiger partial charge in [-0.1, -0.05) is 60.7 Å². The summed E-state index contributed by atoms with van der Waals surface area (Å²) in [6, 6.07) is 24.2. The van der Waals surface area contributed by atoms with Crippen LogP contribution >= 0.6 is 0 Å². The van der Waals surface area contributed by atoms with Crippen LogP contribution in [0.15, 0.2) is 88.8 Å². The summed E-state index contributed by atoms with van der Waals surface area (Å²) in [6.07, 6.45) is -0.631. The van der Waals surface area contributed by atoms with E-state index in [0.717, 1.165) is 22.3 Å². The molecule has 4 N–H and O–H groups in total. The summed E-state index contributed by atoms with van der Waals surface area (Å²) in [4.78, 5) is 25.3. The molecular formula is C28H29N7O3. The average molecular weight is 512 g/mol. The monoisotopic (exact) mass is 511 g/mol.